The molecule has 1 amide bonds. The second-order valence-electron chi connectivity index (χ2n) is 9.11. The SMILES string of the molecule is CN(c1nc2ccccc2nc1NC1CC1)C1CCN(C(=O)OC(C)(C)C)CC1. The van der Waals surface area contributed by atoms with Crippen LogP contribution in [0.3, 0.4) is 0 Å². The molecule has 1 N–H and O–H groups in total. The lowest BCUT2D eigenvalue weighted by atomic mass is 10.0. The van der Waals surface area contributed by atoms with Gasteiger partial charge in [0.15, 0.2) is 11.6 Å². The van der Waals surface area contributed by atoms with Crippen LogP contribution in [0.4, 0.5) is 16.4 Å². The number of nitrogens with one attached hydrogen (secondary N) is 1. The van der Waals surface area contributed by atoms with Crippen LogP contribution in [0, 0.1) is 0 Å². The van der Waals surface area contributed by atoms with Crippen molar-refractivity contribution in [2.75, 3.05) is 30.4 Å². The summed E-state index contributed by atoms with van der Waals surface area (Å²) >= 11 is 0. The van der Waals surface area contributed by atoms with Gasteiger partial charge in [0.25, 0.3) is 0 Å². The Morgan fingerprint density at radius 2 is 1.72 bits per heavy atom. The molecule has 156 valence electrons. The molecule has 1 aliphatic carbocycles. The Bertz CT molecular complexity index is 882. The molecule has 2 aromatic rings. The van der Waals surface area contributed by atoms with Gasteiger partial charge in [0.1, 0.15) is 5.60 Å². The van der Waals surface area contributed by atoms with Gasteiger partial charge >= 0.3 is 6.09 Å². The Labute approximate surface area is 172 Å². The van der Waals surface area contributed by atoms with E-state index in [9.17, 15) is 4.79 Å². The van der Waals surface area contributed by atoms with E-state index in [0.29, 0.717) is 25.2 Å². The highest BCUT2D eigenvalue weighted by atomic mass is 16.6. The predicted molar refractivity (Wildman–Crippen MR) is 115 cm³/mol. The first kappa shape index (κ1) is 19.7. The highest BCUT2D eigenvalue weighted by Gasteiger charge is 2.31. The summed E-state index contributed by atoms with van der Waals surface area (Å²) in [5.74, 6) is 1.76. The summed E-state index contributed by atoms with van der Waals surface area (Å²) < 4.78 is 5.52. The fourth-order valence-corrected chi connectivity index (χ4v) is 3.69. The molecule has 2 heterocycles. The molecule has 7 nitrogen and oxygen atoms in total. The maximum atomic E-state index is 12.3. The lowest BCUT2D eigenvalue weighted by Gasteiger charge is -2.38. The minimum atomic E-state index is -0.464. The van der Waals surface area contributed by atoms with E-state index in [4.69, 9.17) is 14.7 Å². The van der Waals surface area contributed by atoms with Crippen LogP contribution in [-0.2, 0) is 4.74 Å². The molecule has 1 saturated carbocycles. The molecule has 1 saturated heterocycles. The average Bonchev–Trinajstić information content (AvgIpc) is 3.50. The van der Waals surface area contributed by atoms with Crippen molar-refractivity contribution in [3.05, 3.63) is 24.3 Å². The summed E-state index contributed by atoms with van der Waals surface area (Å²) in [4.78, 5) is 26.2. The van der Waals surface area contributed by atoms with E-state index in [1.54, 1.807) is 0 Å². The maximum Gasteiger partial charge on any atom is 0.410 e. The largest absolute Gasteiger partial charge is 0.444 e. The van der Waals surface area contributed by atoms with Gasteiger partial charge in [-0.15, -0.1) is 0 Å². The predicted octanol–water partition coefficient (Wildman–Crippen LogP) is 4.04. The van der Waals surface area contributed by atoms with Crippen molar-refractivity contribution in [1.82, 2.24) is 14.9 Å². The number of hydrogen-bond donors (Lipinski definition) is 1. The number of likely N-dealkylation sites (tertiary alicyclic amines) is 1. The van der Waals surface area contributed by atoms with Gasteiger partial charge in [0.05, 0.1) is 11.0 Å². The molecule has 29 heavy (non-hydrogen) atoms. The van der Waals surface area contributed by atoms with Crippen LogP contribution in [0.1, 0.15) is 46.5 Å². The monoisotopic (exact) mass is 397 g/mol. The molecule has 0 spiro atoms. The summed E-state index contributed by atoms with van der Waals surface area (Å²) in [6.07, 6.45) is 3.91. The van der Waals surface area contributed by atoms with Crippen molar-refractivity contribution in [2.24, 2.45) is 0 Å². The fraction of sp³-hybridized carbons (Fsp3) is 0.591. The minimum absolute atomic E-state index is 0.222. The number of benzene rings is 1. The molecule has 1 aliphatic heterocycles. The lowest BCUT2D eigenvalue weighted by Crippen LogP contribution is -2.47. The highest BCUT2D eigenvalue weighted by Crippen LogP contribution is 2.32. The van der Waals surface area contributed by atoms with Gasteiger partial charge in [0, 0.05) is 32.2 Å². The number of piperidine rings is 1. The topological polar surface area (TPSA) is 70.6 Å². The molecule has 1 aromatic carbocycles. The number of fused-ring (bicyclic) bond motifs is 1. The van der Waals surface area contributed by atoms with Crippen molar-refractivity contribution in [1.29, 1.82) is 0 Å². The van der Waals surface area contributed by atoms with Crippen LogP contribution < -0.4 is 10.2 Å². The van der Waals surface area contributed by atoms with Crippen LogP contribution in [0.25, 0.3) is 11.0 Å². The number of anilines is 2. The number of para-hydroxylation sites is 2. The Morgan fingerprint density at radius 3 is 2.31 bits per heavy atom. The normalized spacial score (nSPS) is 18.0. The average molecular weight is 398 g/mol. The minimum Gasteiger partial charge on any atom is -0.444 e. The number of aromatic nitrogens is 2. The van der Waals surface area contributed by atoms with Crippen LogP contribution in [0.15, 0.2) is 24.3 Å². The molecular weight excluding hydrogens is 366 g/mol. The van der Waals surface area contributed by atoms with Gasteiger partial charge in [-0.25, -0.2) is 14.8 Å². The quantitative estimate of drug-likeness (QED) is 0.840. The number of nitrogens with zero attached hydrogens (tertiary/aromatic N) is 4. The molecule has 2 aliphatic rings. The molecule has 0 unspecified atom stereocenters. The number of hydrogen-bond acceptors (Lipinski definition) is 6. The lowest BCUT2D eigenvalue weighted by molar-refractivity contribution is 0.0205. The van der Waals surface area contributed by atoms with Crippen molar-refractivity contribution in [3.8, 4) is 0 Å². The highest BCUT2D eigenvalue weighted by molar-refractivity contribution is 5.80. The van der Waals surface area contributed by atoms with E-state index in [-0.39, 0.29) is 6.09 Å². The Hall–Kier alpha value is -2.57. The molecule has 2 fully saturated rings. The molecular formula is C22H31N5O2. The summed E-state index contributed by atoms with van der Waals surface area (Å²) in [5, 5.41) is 3.55. The smallest absolute Gasteiger partial charge is 0.410 e. The third-order valence-corrected chi connectivity index (χ3v) is 5.47. The molecule has 7 heteroatoms. The Balaban J connectivity index is 1.49. The molecule has 0 radical (unpaired) electrons. The molecule has 0 atom stereocenters. The van der Waals surface area contributed by atoms with Crippen molar-refractivity contribution >= 4 is 28.8 Å². The molecule has 1 aromatic heterocycles. The first-order valence-electron chi connectivity index (χ1n) is 10.5. The van der Waals surface area contributed by atoms with Crippen molar-refractivity contribution in [2.45, 2.75) is 64.1 Å². The zero-order chi connectivity index (χ0) is 20.6. The van der Waals surface area contributed by atoms with E-state index in [2.05, 4.69) is 17.3 Å². The van der Waals surface area contributed by atoms with Crippen molar-refractivity contribution < 1.29 is 9.53 Å². The maximum absolute atomic E-state index is 12.3. The zero-order valence-corrected chi connectivity index (χ0v) is 17.8. The van der Waals surface area contributed by atoms with Gasteiger partial charge in [0.2, 0.25) is 0 Å². The molecule has 0 bridgehead atoms. The van der Waals surface area contributed by atoms with Gasteiger partial charge in [-0.2, -0.15) is 0 Å². The van der Waals surface area contributed by atoms with Gasteiger partial charge < -0.3 is 19.9 Å². The van der Waals surface area contributed by atoms with Crippen LogP contribution >= 0.6 is 0 Å². The van der Waals surface area contributed by atoms with Crippen LogP contribution in [0.2, 0.25) is 0 Å². The number of rotatable bonds is 4. The first-order valence-corrected chi connectivity index (χ1v) is 10.5. The van der Waals surface area contributed by atoms with Crippen molar-refractivity contribution in [3.63, 3.8) is 0 Å². The van der Waals surface area contributed by atoms with Gasteiger partial charge in [-0.1, -0.05) is 12.1 Å². The van der Waals surface area contributed by atoms with E-state index < -0.39 is 5.60 Å². The first-order chi connectivity index (χ1) is 13.8. The second-order valence-corrected chi connectivity index (χ2v) is 9.11. The summed E-state index contributed by atoms with van der Waals surface area (Å²) in [5.41, 5.74) is 1.35. The van der Waals surface area contributed by atoms with E-state index in [1.165, 1.54) is 12.8 Å². The summed E-state index contributed by atoms with van der Waals surface area (Å²) in [6, 6.07) is 8.81. The summed E-state index contributed by atoms with van der Waals surface area (Å²) in [6.45, 7) is 7.08. The van der Waals surface area contributed by atoms with E-state index in [1.807, 2.05) is 49.9 Å². The third-order valence-electron chi connectivity index (χ3n) is 5.47. The van der Waals surface area contributed by atoms with E-state index in [0.717, 1.165) is 35.5 Å². The number of ether oxygens (including phenoxy) is 1. The fourth-order valence-electron chi connectivity index (χ4n) is 3.69. The van der Waals surface area contributed by atoms with Gasteiger partial charge in [-0.05, 0) is 58.6 Å². The van der Waals surface area contributed by atoms with Gasteiger partial charge in [-0.3, -0.25) is 0 Å². The summed E-state index contributed by atoms with van der Waals surface area (Å²) in [7, 11) is 2.09. The number of carbonyl (C=O) groups excluding carboxylic acids is 1. The second kappa shape index (κ2) is 7.69. The number of carbonyl (C=O) groups is 1. The van der Waals surface area contributed by atoms with E-state index >= 15 is 0 Å². The Kier molecular flexibility index (Phi) is 5.23. The third kappa shape index (κ3) is 4.71. The van der Waals surface area contributed by atoms with Crippen LogP contribution in [0.5, 0.6) is 0 Å². The molecule has 4 rings (SSSR count). The number of amides is 1. The standard InChI is InChI=1S/C22H31N5O2/c1-22(2,3)29-21(28)27-13-11-16(12-14-27)26(4)20-19(23-15-9-10-15)24-17-7-5-6-8-18(17)25-20/h5-8,15-16H,9-14H2,1-4H3,(H,23,24). The van der Waals surface area contributed by atoms with Crippen LogP contribution in [-0.4, -0.2) is 58.8 Å². The Morgan fingerprint density at radius 1 is 1.10 bits per heavy atom. The zero-order valence-electron chi connectivity index (χ0n) is 17.8.